The summed E-state index contributed by atoms with van der Waals surface area (Å²) in [6, 6.07) is 1.41. The molecule has 0 unspecified atom stereocenters. The average Bonchev–Trinajstić information content (AvgIpc) is 2.18. The van der Waals surface area contributed by atoms with E-state index in [4.69, 9.17) is 5.11 Å². The third kappa shape index (κ3) is 2.38. The molecule has 0 amide bonds. The Morgan fingerprint density at radius 2 is 2.19 bits per heavy atom. The van der Waals surface area contributed by atoms with Gasteiger partial charge in [0.1, 0.15) is 6.29 Å². The highest BCUT2D eigenvalue weighted by Gasteiger charge is 2.19. The molecular formula is C9H6FNO5. The first kappa shape index (κ1) is 11.8. The van der Waals surface area contributed by atoms with Gasteiger partial charge < -0.3 is 5.11 Å². The number of rotatable bonds is 4. The molecule has 0 aliphatic carbocycles. The van der Waals surface area contributed by atoms with Gasteiger partial charge in [0.05, 0.1) is 11.3 Å². The largest absolute Gasteiger partial charge is 0.481 e. The number of carbonyl (C=O) groups excluding carboxylic acids is 1. The molecule has 0 saturated heterocycles. The number of nitrogens with zero attached hydrogens (tertiary/aromatic N) is 1. The van der Waals surface area contributed by atoms with Crippen molar-refractivity contribution in [1.82, 2.24) is 0 Å². The second-order valence-corrected chi connectivity index (χ2v) is 2.95. The van der Waals surface area contributed by atoms with E-state index in [1.165, 1.54) is 0 Å². The number of nitro benzene ring substituents is 1. The van der Waals surface area contributed by atoms with E-state index in [1.807, 2.05) is 0 Å². The molecule has 0 aromatic heterocycles. The molecule has 0 spiro atoms. The fourth-order valence-corrected chi connectivity index (χ4v) is 1.19. The van der Waals surface area contributed by atoms with Crippen LogP contribution in [0.5, 0.6) is 0 Å². The van der Waals surface area contributed by atoms with Crippen LogP contribution in [0.2, 0.25) is 0 Å². The van der Waals surface area contributed by atoms with Gasteiger partial charge in [-0.05, 0) is 11.6 Å². The second-order valence-electron chi connectivity index (χ2n) is 2.95. The van der Waals surface area contributed by atoms with Crippen molar-refractivity contribution in [1.29, 1.82) is 0 Å². The Morgan fingerprint density at radius 1 is 1.56 bits per heavy atom. The highest BCUT2D eigenvalue weighted by Crippen LogP contribution is 2.21. The number of hydrogen-bond acceptors (Lipinski definition) is 4. The van der Waals surface area contributed by atoms with Gasteiger partial charge in [-0.15, -0.1) is 0 Å². The minimum atomic E-state index is -1.26. The third-order valence-corrected chi connectivity index (χ3v) is 1.87. The zero-order valence-electron chi connectivity index (χ0n) is 7.84. The summed E-state index contributed by atoms with van der Waals surface area (Å²) in [5.41, 5.74) is -1.14. The zero-order chi connectivity index (χ0) is 12.3. The number of carbonyl (C=O) groups is 2. The number of aliphatic carboxylic acids is 1. The van der Waals surface area contributed by atoms with Gasteiger partial charge in [0.25, 0.3) is 0 Å². The van der Waals surface area contributed by atoms with Crippen molar-refractivity contribution in [3.63, 3.8) is 0 Å². The summed E-state index contributed by atoms with van der Waals surface area (Å²) in [5, 5.41) is 18.9. The first-order valence-corrected chi connectivity index (χ1v) is 4.09. The minimum Gasteiger partial charge on any atom is -0.481 e. The van der Waals surface area contributed by atoms with Gasteiger partial charge in [-0.25, -0.2) is 0 Å². The lowest BCUT2D eigenvalue weighted by Crippen LogP contribution is -2.05. The standard InChI is InChI=1S/C9H6FNO5/c10-7-1-6(4-12)5(3-9(13)14)2-8(7)11(15)16/h1-2,4H,3H2,(H,13,14). The van der Waals surface area contributed by atoms with Crippen LogP contribution >= 0.6 is 0 Å². The number of aldehydes is 1. The molecule has 0 heterocycles. The number of benzene rings is 1. The van der Waals surface area contributed by atoms with Crippen LogP contribution in [0.25, 0.3) is 0 Å². The maximum absolute atomic E-state index is 13.1. The Bertz CT molecular complexity index is 471. The van der Waals surface area contributed by atoms with Crippen LogP contribution in [-0.2, 0) is 11.2 Å². The Balaban J connectivity index is 3.33. The van der Waals surface area contributed by atoms with Crippen LogP contribution in [-0.4, -0.2) is 22.3 Å². The van der Waals surface area contributed by atoms with Crippen LogP contribution in [0.1, 0.15) is 15.9 Å². The van der Waals surface area contributed by atoms with Gasteiger partial charge in [0.2, 0.25) is 5.82 Å². The zero-order valence-corrected chi connectivity index (χ0v) is 7.84. The molecule has 1 N–H and O–H groups in total. The van der Waals surface area contributed by atoms with E-state index in [0.717, 1.165) is 6.07 Å². The van der Waals surface area contributed by atoms with Gasteiger partial charge in [0.15, 0.2) is 0 Å². The summed E-state index contributed by atoms with van der Waals surface area (Å²) in [4.78, 5) is 30.3. The second kappa shape index (κ2) is 4.47. The number of nitro groups is 1. The van der Waals surface area contributed by atoms with Crippen LogP contribution in [0, 0.1) is 15.9 Å². The Hall–Kier alpha value is -2.31. The summed E-state index contributed by atoms with van der Waals surface area (Å²) in [7, 11) is 0. The Labute approximate surface area is 88.5 Å². The van der Waals surface area contributed by atoms with Crippen molar-refractivity contribution in [3.05, 3.63) is 39.2 Å². The van der Waals surface area contributed by atoms with E-state index >= 15 is 0 Å². The number of hydrogen-bond donors (Lipinski definition) is 1. The van der Waals surface area contributed by atoms with Gasteiger partial charge in [-0.2, -0.15) is 4.39 Å². The first-order valence-electron chi connectivity index (χ1n) is 4.09. The molecule has 1 aromatic rings. The molecule has 0 atom stereocenters. The fraction of sp³-hybridized carbons (Fsp3) is 0.111. The fourth-order valence-electron chi connectivity index (χ4n) is 1.19. The molecule has 1 rings (SSSR count). The van der Waals surface area contributed by atoms with Crippen molar-refractivity contribution in [2.75, 3.05) is 0 Å². The molecule has 84 valence electrons. The lowest BCUT2D eigenvalue weighted by molar-refractivity contribution is -0.387. The number of carboxylic acids is 1. The molecular weight excluding hydrogens is 221 g/mol. The summed E-state index contributed by atoms with van der Waals surface area (Å²) in [5.74, 6) is -2.43. The SMILES string of the molecule is O=Cc1cc(F)c([N+](=O)[O-])cc1CC(=O)O. The summed E-state index contributed by atoms with van der Waals surface area (Å²) >= 11 is 0. The van der Waals surface area contributed by atoms with Crippen LogP contribution in [0.4, 0.5) is 10.1 Å². The number of halogens is 1. The highest BCUT2D eigenvalue weighted by atomic mass is 19.1. The Morgan fingerprint density at radius 3 is 2.62 bits per heavy atom. The summed E-state index contributed by atoms with van der Waals surface area (Å²) < 4.78 is 13.1. The van der Waals surface area contributed by atoms with Crippen LogP contribution < -0.4 is 0 Å². The van der Waals surface area contributed by atoms with Crippen molar-refractivity contribution in [3.8, 4) is 0 Å². The highest BCUT2D eigenvalue weighted by molar-refractivity contribution is 5.82. The predicted molar refractivity (Wildman–Crippen MR) is 49.8 cm³/mol. The smallest absolute Gasteiger partial charge is 0.307 e. The molecule has 7 heteroatoms. The van der Waals surface area contributed by atoms with E-state index in [2.05, 4.69) is 0 Å². The van der Waals surface area contributed by atoms with Crippen molar-refractivity contribution in [2.45, 2.75) is 6.42 Å². The van der Waals surface area contributed by atoms with E-state index in [-0.39, 0.29) is 17.4 Å². The van der Waals surface area contributed by atoms with Crippen molar-refractivity contribution in [2.24, 2.45) is 0 Å². The third-order valence-electron chi connectivity index (χ3n) is 1.87. The molecule has 0 radical (unpaired) electrons. The topological polar surface area (TPSA) is 97.5 Å². The van der Waals surface area contributed by atoms with Gasteiger partial charge >= 0.3 is 11.7 Å². The summed E-state index contributed by atoms with van der Waals surface area (Å²) in [6.07, 6.45) is -0.319. The van der Waals surface area contributed by atoms with Crippen molar-refractivity contribution >= 4 is 17.9 Å². The Kier molecular flexibility index (Phi) is 3.29. The lowest BCUT2D eigenvalue weighted by atomic mass is 10.0. The van der Waals surface area contributed by atoms with E-state index in [9.17, 15) is 24.1 Å². The van der Waals surface area contributed by atoms with Gasteiger partial charge in [-0.1, -0.05) is 0 Å². The molecule has 0 fully saturated rings. The normalized spacial score (nSPS) is 9.81. The maximum atomic E-state index is 13.1. The maximum Gasteiger partial charge on any atom is 0.307 e. The molecule has 1 aromatic carbocycles. The van der Waals surface area contributed by atoms with Crippen LogP contribution in [0.15, 0.2) is 12.1 Å². The van der Waals surface area contributed by atoms with Crippen molar-refractivity contribution < 1.29 is 24.0 Å². The van der Waals surface area contributed by atoms with E-state index in [1.54, 1.807) is 0 Å². The summed E-state index contributed by atoms with van der Waals surface area (Å²) in [6.45, 7) is 0. The minimum absolute atomic E-state index is 0.0874. The predicted octanol–water partition coefficient (Wildman–Crippen LogP) is 1.17. The molecule has 6 nitrogen and oxygen atoms in total. The lowest BCUT2D eigenvalue weighted by Gasteiger charge is -2.02. The molecule has 0 saturated carbocycles. The molecule has 0 aliphatic rings. The van der Waals surface area contributed by atoms with Gasteiger partial charge in [0, 0.05) is 11.6 Å². The number of carboxylic acid groups (broad SMARTS) is 1. The average molecular weight is 227 g/mol. The quantitative estimate of drug-likeness (QED) is 0.473. The molecule has 0 bridgehead atoms. The van der Waals surface area contributed by atoms with Gasteiger partial charge in [-0.3, -0.25) is 19.7 Å². The van der Waals surface area contributed by atoms with E-state index < -0.39 is 28.8 Å². The van der Waals surface area contributed by atoms with E-state index in [0.29, 0.717) is 6.07 Å². The monoisotopic (exact) mass is 227 g/mol. The molecule has 0 aliphatic heterocycles. The van der Waals surface area contributed by atoms with Crippen LogP contribution in [0.3, 0.4) is 0 Å². The first-order chi connectivity index (χ1) is 7.45. The molecule has 16 heavy (non-hydrogen) atoms.